The molecule has 0 fully saturated rings. The third-order valence-corrected chi connectivity index (χ3v) is 3.34. The van der Waals surface area contributed by atoms with Gasteiger partial charge in [0.25, 0.3) is 0 Å². The molecule has 0 bridgehead atoms. The molecule has 4 N–H and O–H groups in total. The van der Waals surface area contributed by atoms with Crippen molar-refractivity contribution in [3.8, 4) is 0 Å². The highest BCUT2D eigenvalue weighted by Crippen LogP contribution is 2.21. The lowest BCUT2D eigenvalue weighted by Crippen LogP contribution is -2.29. The smallest absolute Gasteiger partial charge is 0.127 e. The van der Waals surface area contributed by atoms with Crippen molar-refractivity contribution >= 4 is 11.4 Å². The van der Waals surface area contributed by atoms with Gasteiger partial charge in [0.15, 0.2) is 0 Å². The predicted molar refractivity (Wildman–Crippen MR) is 85.6 cm³/mol. The largest absolute Gasteiger partial charge is 0.362 e. The van der Waals surface area contributed by atoms with Crippen LogP contribution in [0.3, 0.4) is 0 Å². The van der Waals surface area contributed by atoms with E-state index in [0.717, 1.165) is 36.1 Å². The lowest BCUT2D eigenvalue weighted by molar-refractivity contribution is 0.116. The first-order chi connectivity index (χ1) is 9.49. The summed E-state index contributed by atoms with van der Waals surface area (Å²) in [4.78, 5) is 0. The standard InChI is InChI=1S/C16H27N3O/c1-5-6-7-15(20-4)19-14-9-8-11(2)10-13(14)16(18)12(3)17/h8-10,12,15,18-19H,5-7,17H2,1-4H3. The van der Waals surface area contributed by atoms with Gasteiger partial charge in [-0.1, -0.05) is 25.0 Å². The first kappa shape index (κ1) is 16.7. The Bertz CT molecular complexity index is 443. The summed E-state index contributed by atoms with van der Waals surface area (Å²) >= 11 is 0. The van der Waals surface area contributed by atoms with Gasteiger partial charge in [-0.2, -0.15) is 0 Å². The molecule has 1 aromatic carbocycles. The number of hydrogen-bond acceptors (Lipinski definition) is 4. The molecule has 20 heavy (non-hydrogen) atoms. The SMILES string of the molecule is CCCCC(Nc1ccc(C)cc1C(=N)C(C)N)OC. The lowest BCUT2D eigenvalue weighted by atomic mass is 10.0. The van der Waals surface area contributed by atoms with Crippen LogP contribution in [0.25, 0.3) is 0 Å². The van der Waals surface area contributed by atoms with E-state index >= 15 is 0 Å². The van der Waals surface area contributed by atoms with Crippen LogP contribution in [0.2, 0.25) is 0 Å². The van der Waals surface area contributed by atoms with E-state index in [1.165, 1.54) is 0 Å². The molecule has 0 heterocycles. The number of hydrogen-bond donors (Lipinski definition) is 3. The zero-order valence-corrected chi connectivity index (χ0v) is 13.0. The Morgan fingerprint density at radius 3 is 2.70 bits per heavy atom. The van der Waals surface area contributed by atoms with Crippen LogP contribution in [0, 0.1) is 12.3 Å². The van der Waals surface area contributed by atoms with E-state index in [0.29, 0.717) is 5.71 Å². The molecule has 0 amide bonds. The number of ether oxygens (including phenoxy) is 1. The number of unbranched alkanes of at least 4 members (excludes halogenated alkanes) is 1. The maximum Gasteiger partial charge on any atom is 0.127 e. The van der Waals surface area contributed by atoms with Crippen LogP contribution in [0.15, 0.2) is 18.2 Å². The average molecular weight is 277 g/mol. The van der Waals surface area contributed by atoms with Crippen LogP contribution in [0.1, 0.15) is 44.2 Å². The molecule has 0 aliphatic carbocycles. The summed E-state index contributed by atoms with van der Waals surface area (Å²) in [5, 5.41) is 11.5. The summed E-state index contributed by atoms with van der Waals surface area (Å²) in [7, 11) is 1.71. The molecule has 0 saturated heterocycles. The van der Waals surface area contributed by atoms with E-state index in [9.17, 15) is 0 Å². The monoisotopic (exact) mass is 277 g/mol. The minimum Gasteiger partial charge on any atom is -0.362 e. The maximum atomic E-state index is 8.16. The predicted octanol–water partition coefficient (Wildman–Crippen LogP) is 3.28. The first-order valence-corrected chi connectivity index (χ1v) is 7.24. The number of benzene rings is 1. The molecule has 0 aliphatic heterocycles. The highest BCUT2D eigenvalue weighted by atomic mass is 16.5. The molecule has 2 atom stereocenters. The fourth-order valence-electron chi connectivity index (χ4n) is 2.06. The quantitative estimate of drug-likeness (QED) is 0.504. The summed E-state index contributed by atoms with van der Waals surface area (Å²) in [6.45, 7) is 6.02. The molecular weight excluding hydrogens is 250 g/mol. The fraction of sp³-hybridized carbons (Fsp3) is 0.562. The molecule has 0 aromatic heterocycles. The van der Waals surface area contributed by atoms with Crippen LogP contribution >= 0.6 is 0 Å². The highest BCUT2D eigenvalue weighted by molar-refractivity contribution is 6.06. The van der Waals surface area contributed by atoms with Crippen molar-refractivity contribution in [2.24, 2.45) is 5.73 Å². The van der Waals surface area contributed by atoms with Gasteiger partial charge in [0.2, 0.25) is 0 Å². The van der Waals surface area contributed by atoms with Crippen LogP contribution in [-0.4, -0.2) is 25.1 Å². The third kappa shape index (κ3) is 4.62. The van der Waals surface area contributed by atoms with E-state index in [4.69, 9.17) is 15.9 Å². The maximum absolute atomic E-state index is 8.16. The Kier molecular flexibility index (Phi) is 6.68. The molecule has 0 radical (unpaired) electrons. The van der Waals surface area contributed by atoms with Crippen LogP contribution in [0.4, 0.5) is 5.69 Å². The molecule has 1 aromatic rings. The van der Waals surface area contributed by atoms with Gasteiger partial charge >= 0.3 is 0 Å². The number of aryl methyl sites for hydroxylation is 1. The van der Waals surface area contributed by atoms with Crippen LogP contribution < -0.4 is 11.1 Å². The molecule has 1 rings (SSSR count). The molecule has 112 valence electrons. The Morgan fingerprint density at radius 2 is 2.15 bits per heavy atom. The first-order valence-electron chi connectivity index (χ1n) is 7.24. The van der Waals surface area contributed by atoms with E-state index in [-0.39, 0.29) is 12.3 Å². The van der Waals surface area contributed by atoms with Crippen molar-refractivity contribution in [2.45, 2.75) is 52.3 Å². The Morgan fingerprint density at radius 1 is 1.45 bits per heavy atom. The number of rotatable bonds is 8. The number of anilines is 1. The van der Waals surface area contributed by atoms with E-state index in [1.54, 1.807) is 7.11 Å². The average Bonchev–Trinajstić information content (AvgIpc) is 2.43. The van der Waals surface area contributed by atoms with E-state index in [1.807, 2.05) is 32.0 Å². The highest BCUT2D eigenvalue weighted by Gasteiger charge is 2.14. The van der Waals surface area contributed by atoms with Gasteiger partial charge in [-0.05, 0) is 38.8 Å². The van der Waals surface area contributed by atoms with E-state index in [2.05, 4.69) is 12.2 Å². The number of nitrogens with one attached hydrogen (secondary N) is 2. The topological polar surface area (TPSA) is 71.1 Å². The minimum atomic E-state index is -0.283. The number of methoxy groups -OCH3 is 1. The second-order valence-corrected chi connectivity index (χ2v) is 5.26. The van der Waals surface area contributed by atoms with E-state index < -0.39 is 0 Å². The van der Waals surface area contributed by atoms with Crippen molar-refractivity contribution < 1.29 is 4.74 Å². The molecule has 0 aliphatic rings. The van der Waals surface area contributed by atoms with Gasteiger partial charge in [-0.15, -0.1) is 0 Å². The second kappa shape index (κ2) is 8.02. The molecule has 0 saturated carbocycles. The van der Waals surface area contributed by atoms with Gasteiger partial charge in [-0.3, -0.25) is 0 Å². The van der Waals surface area contributed by atoms with Gasteiger partial charge in [0.1, 0.15) is 6.23 Å². The molecule has 4 nitrogen and oxygen atoms in total. The zero-order valence-electron chi connectivity index (χ0n) is 13.0. The summed E-state index contributed by atoms with van der Waals surface area (Å²) in [5.74, 6) is 0. The molecule has 4 heteroatoms. The fourth-order valence-corrected chi connectivity index (χ4v) is 2.06. The molecular formula is C16H27N3O. The van der Waals surface area contributed by atoms with Gasteiger partial charge in [0, 0.05) is 24.4 Å². The Balaban J connectivity index is 2.95. The third-order valence-electron chi connectivity index (χ3n) is 3.34. The van der Waals surface area contributed by atoms with Crippen LogP contribution in [-0.2, 0) is 4.74 Å². The summed E-state index contributed by atoms with van der Waals surface area (Å²) in [6.07, 6.45) is 3.17. The lowest BCUT2D eigenvalue weighted by Gasteiger charge is -2.21. The van der Waals surface area contributed by atoms with Crippen molar-refractivity contribution in [3.05, 3.63) is 29.3 Å². The normalized spacial score (nSPS) is 13.8. The molecule has 0 spiro atoms. The second-order valence-electron chi connectivity index (χ2n) is 5.26. The van der Waals surface area contributed by atoms with Gasteiger partial charge < -0.3 is 21.2 Å². The Hall–Kier alpha value is -1.39. The summed E-state index contributed by atoms with van der Waals surface area (Å²) in [6, 6.07) is 5.75. The van der Waals surface area contributed by atoms with Gasteiger partial charge in [-0.25, -0.2) is 0 Å². The van der Waals surface area contributed by atoms with Crippen molar-refractivity contribution in [2.75, 3.05) is 12.4 Å². The van der Waals surface area contributed by atoms with Crippen LogP contribution in [0.5, 0.6) is 0 Å². The van der Waals surface area contributed by atoms with Gasteiger partial charge in [0.05, 0.1) is 5.71 Å². The van der Waals surface area contributed by atoms with Crippen molar-refractivity contribution in [3.63, 3.8) is 0 Å². The summed E-state index contributed by atoms with van der Waals surface area (Å²) in [5.41, 5.74) is 9.19. The van der Waals surface area contributed by atoms with Crippen molar-refractivity contribution in [1.29, 1.82) is 5.41 Å². The summed E-state index contributed by atoms with van der Waals surface area (Å²) < 4.78 is 5.47. The minimum absolute atomic E-state index is 0.0303. The van der Waals surface area contributed by atoms with Crippen molar-refractivity contribution in [1.82, 2.24) is 0 Å². The Labute approximate surface area is 122 Å². The molecule has 2 unspecified atom stereocenters. The number of nitrogens with two attached hydrogens (primary N) is 1. The zero-order chi connectivity index (χ0) is 15.1.